The van der Waals surface area contributed by atoms with E-state index in [0.717, 1.165) is 12.1 Å². The van der Waals surface area contributed by atoms with E-state index in [9.17, 15) is 0 Å². The Kier molecular flexibility index (Phi) is 4.62. The quantitative estimate of drug-likeness (QED) is 0.641. The third-order valence-corrected chi connectivity index (χ3v) is 4.34. The molecule has 0 aliphatic rings. The fraction of sp³-hybridized carbons (Fsp3) is 0.588. The Morgan fingerprint density at radius 2 is 2.00 bits per heavy atom. The molecule has 0 fully saturated rings. The Labute approximate surface area is 116 Å². The summed E-state index contributed by atoms with van der Waals surface area (Å²) in [5.74, 6) is 0. The van der Waals surface area contributed by atoms with Crippen LogP contribution in [0.3, 0.4) is 0 Å². The SMILES string of the molecule is CCCCCCC(C)(CC)c1cn2ccccc2n1. The van der Waals surface area contributed by atoms with Crippen molar-refractivity contribution in [3.8, 4) is 0 Å². The van der Waals surface area contributed by atoms with E-state index in [1.165, 1.54) is 37.8 Å². The maximum atomic E-state index is 4.82. The van der Waals surface area contributed by atoms with Crippen LogP contribution in [0.1, 0.15) is 65.0 Å². The van der Waals surface area contributed by atoms with Gasteiger partial charge in [-0.25, -0.2) is 4.98 Å². The maximum absolute atomic E-state index is 4.82. The molecule has 0 bridgehead atoms. The number of unbranched alkanes of at least 4 members (excludes halogenated alkanes) is 3. The Balaban J connectivity index is 2.14. The van der Waals surface area contributed by atoms with Crippen molar-refractivity contribution in [2.75, 3.05) is 0 Å². The molecule has 2 aromatic rings. The molecule has 2 heteroatoms. The van der Waals surface area contributed by atoms with Gasteiger partial charge in [-0.1, -0.05) is 52.5 Å². The highest BCUT2D eigenvalue weighted by Crippen LogP contribution is 2.32. The van der Waals surface area contributed by atoms with E-state index in [1.54, 1.807) is 0 Å². The molecule has 0 aliphatic carbocycles. The lowest BCUT2D eigenvalue weighted by atomic mass is 9.79. The van der Waals surface area contributed by atoms with Crippen molar-refractivity contribution in [1.29, 1.82) is 0 Å². The first-order valence-corrected chi connectivity index (χ1v) is 7.64. The number of nitrogens with zero attached hydrogens (tertiary/aromatic N) is 2. The number of imidazole rings is 1. The molecular weight excluding hydrogens is 232 g/mol. The summed E-state index contributed by atoms with van der Waals surface area (Å²) in [7, 11) is 0. The lowest BCUT2D eigenvalue weighted by molar-refractivity contribution is 0.387. The van der Waals surface area contributed by atoms with E-state index in [1.807, 2.05) is 0 Å². The summed E-state index contributed by atoms with van der Waals surface area (Å²) in [6, 6.07) is 6.19. The summed E-state index contributed by atoms with van der Waals surface area (Å²) in [4.78, 5) is 4.82. The zero-order valence-corrected chi connectivity index (χ0v) is 12.5. The summed E-state index contributed by atoms with van der Waals surface area (Å²) in [5.41, 5.74) is 2.53. The van der Waals surface area contributed by atoms with Crippen LogP contribution in [0.15, 0.2) is 30.6 Å². The Morgan fingerprint density at radius 3 is 2.68 bits per heavy atom. The van der Waals surface area contributed by atoms with Gasteiger partial charge >= 0.3 is 0 Å². The van der Waals surface area contributed by atoms with Gasteiger partial charge in [-0.15, -0.1) is 0 Å². The molecule has 104 valence electrons. The molecule has 2 nitrogen and oxygen atoms in total. The van der Waals surface area contributed by atoms with Crippen LogP contribution in [0.5, 0.6) is 0 Å². The molecule has 2 heterocycles. The standard InChI is InChI=1S/C17H26N2/c1-4-6-7-9-12-17(3,5-2)15-14-19-13-10-8-11-16(19)18-15/h8,10-11,13-14H,4-7,9,12H2,1-3H3. The first kappa shape index (κ1) is 14.1. The lowest BCUT2D eigenvalue weighted by Gasteiger charge is -2.26. The molecule has 2 aromatic heterocycles. The van der Waals surface area contributed by atoms with Crippen LogP contribution >= 0.6 is 0 Å². The van der Waals surface area contributed by atoms with Gasteiger partial charge in [0.05, 0.1) is 5.69 Å². The number of fused-ring (bicyclic) bond motifs is 1. The van der Waals surface area contributed by atoms with Crippen molar-refractivity contribution in [3.63, 3.8) is 0 Å². The van der Waals surface area contributed by atoms with Gasteiger partial charge in [-0.05, 0) is 25.0 Å². The van der Waals surface area contributed by atoms with Gasteiger partial charge in [0.1, 0.15) is 5.65 Å². The van der Waals surface area contributed by atoms with E-state index < -0.39 is 0 Å². The largest absolute Gasteiger partial charge is 0.307 e. The summed E-state index contributed by atoms with van der Waals surface area (Å²) in [6.45, 7) is 6.91. The van der Waals surface area contributed by atoms with E-state index in [-0.39, 0.29) is 5.41 Å². The predicted octanol–water partition coefficient (Wildman–Crippen LogP) is 4.97. The van der Waals surface area contributed by atoms with Gasteiger partial charge in [-0.2, -0.15) is 0 Å². The predicted molar refractivity (Wildman–Crippen MR) is 81.6 cm³/mol. The van der Waals surface area contributed by atoms with E-state index in [2.05, 4.69) is 55.8 Å². The monoisotopic (exact) mass is 258 g/mol. The summed E-state index contributed by atoms with van der Waals surface area (Å²) in [6.07, 6.45) is 12.0. The highest BCUT2D eigenvalue weighted by molar-refractivity contribution is 5.40. The molecule has 0 N–H and O–H groups in total. The maximum Gasteiger partial charge on any atom is 0.136 e. The number of aromatic nitrogens is 2. The Morgan fingerprint density at radius 1 is 1.16 bits per heavy atom. The van der Waals surface area contributed by atoms with Crippen LogP contribution in [-0.2, 0) is 5.41 Å². The van der Waals surface area contributed by atoms with Crippen molar-refractivity contribution in [2.45, 2.75) is 64.7 Å². The fourth-order valence-electron chi connectivity index (χ4n) is 2.65. The molecule has 19 heavy (non-hydrogen) atoms. The zero-order valence-electron chi connectivity index (χ0n) is 12.5. The van der Waals surface area contributed by atoms with Crippen LogP contribution in [0.4, 0.5) is 0 Å². The molecule has 0 saturated carbocycles. The molecular formula is C17H26N2. The third kappa shape index (κ3) is 3.17. The van der Waals surface area contributed by atoms with E-state index in [4.69, 9.17) is 4.98 Å². The van der Waals surface area contributed by atoms with Crippen molar-refractivity contribution in [1.82, 2.24) is 9.38 Å². The van der Waals surface area contributed by atoms with Gasteiger partial charge in [0.25, 0.3) is 0 Å². The first-order chi connectivity index (χ1) is 9.19. The summed E-state index contributed by atoms with van der Waals surface area (Å²) < 4.78 is 2.13. The number of hydrogen-bond acceptors (Lipinski definition) is 1. The minimum absolute atomic E-state index is 0.222. The third-order valence-electron chi connectivity index (χ3n) is 4.34. The van der Waals surface area contributed by atoms with Gasteiger partial charge in [-0.3, -0.25) is 0 Å². The van der Waals surface area contributed by atoms with Crippen LogP contribution < -0.4 is 0 Å². The Bertz CT molecular complexity index is 482. The number of hydrogen-bond donors (Lipinski definition) is 0. The van der Waals surface area contributed by atoms with Gasteiger partial charge in [0.2, 0.25) is 0 Å². The molecule has 0 saturated heterocycles. The zero-order chi connectivity index (χ0) is 13.7. The van der Waals surface area contributed by atoms with Crippen molar-refractivity contribution in [3.05, 3.63) is 36.3 Å². The van der Waals surface area contributed by atoms with Crippen molar-refractivity contribution in [2.24, 2.45) is 0 Å². The normalized spacial score (nSPS) is 14.7. The molecule has 0 aliphatic heterocycles. The van der Waals surface area contributed by atoms with Gasteiger partial charge in [0.15, 0.2) is 0 Å². The highest BCUT2D eigenvalue weighted by atomic mass is 15.0. The van der Waals surface area contributed by atoms with Crippen LogP contribution in [0.2, 0.25) is 0 Å². The topological polar surface area (TPSA) is 17.3 Å². The van der Waals surface area contributed by atoms with Crippen molar-refractivity contribution < 1.29 is 0 Å². The van der Waals surface area contributed by atoms with Crippen LogP contribution in [-0.4, -0.2) is 9.38 Å². The minimum atomic E-state index is 0.222. The van der Waals surface area contributed by atoms with Gasteiger partial charge in [0, 0.05) is 17.8 Å². The fourth-order valence-corrected chi connectivity index (χ4v) is 2.65. The second-order valence-corrected chi connectivity index (χ2v) is 5.82. The molecule has 1 atom stereocenters. The van der Waals surface area contributed by atoms with Gasteiger partial charge < -0.3 is 4.40 Å². The average molecular weight is 258 g/mol. The number of pyridine rings is 1. The summed E-state index contributed by atoms with van der Waals surface area (Å²) >= 11 is 0. The minimum Gasteiger partial charge on any atom is -0.307 e. The highest BCUT2D eigenvalue weighted by Gasteiger charge is 2.26. The average Bonchev–Trinajstić information content (AvgIpc) is 2.88. The molecule has 0 amide bonds. The van der Waals surface area contributed by atoms with E-state index >= 15 is 0 Å². The second-order valence-electron chi connectivity index (χ2n) is 5.82. The molecule has 0 spiro atoms. The molecule has 0 aromatic carbocycles. The second kappa shape index (κ2) is 6.23. The smallest absolute Gasteiger partial charge is 0.136 e. The lowest BCUT2D eigenvalue weighted by Crippen LogP contribution is -2.21. The molecule has 0 radical (unpaired) electrons. The summed E-state index contributed by atoms with van der Waals surface area (Å²) in [5, 5.41) is 0. The van der Waals surface area contributed by atoms with Crippen LogP contribution in [0, 0.1) is 0 Å². The molecule has 1 unspecified atom stereocenters. The van der Waals surface area contributed by atoms with Crippen molar-refractivity contribution >= 4 is 5.65 Å². The Hall–Kier alpha value is -1.31. The first-order valence-electron chi connectivity index (χ1n) is 7.64. The number of rotatable bonds is 7. The van der Waals surface area contributed by atoms with E-state index in [0.29, 0.717) is 0 Å². The van der Waals surface area contributed by atoms with Crippen LogP contribution in [0.25, 0.3) is 5.65 Å². The molecule has 2 rings (SSSR count).